The van der Waals surface area contributed by atoms with E-state index in [1.807, 2.05) is 0 Å². The van der Waals surface area contributed by atoms with Gasteiger partial charge in [-0.05, 0) is 5.92 Å². The number of isocyanates is 2. The number of hydrogen-bond acceptors (Lipinski definition) is 4. The van der Waals surface area contributed by atoms with E-state index in [1.165, 1.54) is 19.3 Å². The van der Waals surface area contributed by atoms with Crippen molar-refractivity contribution in [1.82, 2.24) is 0 Å². The second kappa shape index (κ2) is 22.4. The summed E-state index contributed by atoms with van der Waals surface area (Å²) < 4.78 is 0. The fourth-order valence-corrected chi connectivity index (χ4v) is 0.612. The van der Waals surface area contributed by atoms with E-state index in [-0.39, 0.29) is 0 Å². The molecule has 0 aliphatic rings. The summed E-state index contributed by atoms with van der Waals surface area (Å²) in [5, 5.41) is 10.8. The van der Waals surface area contributed by atoms with Crippen LogP contribution in [0.2, 0.25) is 0 Å². The highest BCUT2D eigenvalue weighted by Gasteiger charge is 1.88. The van der Waals surface area contributed by atoms with Crippen molar-refractivity contribution < 1.29 is 9.59 Å². The molecular formula is C9H18N2O2. The van der Waals surface area contributed by atoms with Gasteiger partial charge in [-0.15, -0.1) is 0 Å². The second-order valence-electron chi connectivity index (χ2n) is 2.74. The third kappa shape index (κ3) is 108. The monoisotopic (exact) mass is 186 g/mol. The third-order valence-corrected chi connectivity index (χ3v) is 1.14. The minimum atomic E-state index is 0.750. The van der Waals surface area contributed by atoms with Crippen molar-refractivity contribution in [1.29, 1.82) is 10.8 Å². The zero-order valence-corrected chi connectivity index (χ0v) is 8.52. The third-order valence-electron chi connectivity index (χ3n) is 1.14. The second-order valence-corrected chi connectivity index (χ2v) is 2.74. The summed E-state index contributed by atoms with van der Waals surface area (Å²) in [6.07, 6.45) is 5.65. The van der Waals surface area contributed by atoms with Crippen molar-refractivity contribution >= 4 is 12.2 Å². The van der Waals surface area contributed by atoms with Crippen LogP contribution in [0.15, 0.2) is 0 Å². The van der Waals surface area contributed by atoms with Gasteiger partial charge in [-0.25, -0.2) is 20.4 Å². The van der Waals surface area contributed by atoms with E-state index in [2.05, 4.69) is 20.8 Å². The molecule has 0 aromatic rings. The van der Waals surface area contributed by atoms with Crippen LogP contribution in [0.5, 0.6) is 0 Å². The molecule has 4 nitrogen and oxygen atoms in total. The number of hydrogen-bond donors (Lipinski definition) is 2. The van der Waals surface area contributed by atoms with Crippen LogP contribution in [0.4, 0.5) is 0 Å². The Morgan fingerprint density at radius 3 is 1.54 bits per heavy atom. The van der Waals surface area contributed by atoms with Crippen molar-refractivity contribution in [3.8, 4) is 0 Å². The largest absolute Gasteiger partial charge is 0.231 e. The lowest BCUT2D eigenvalue weighted by molar-refractivity contribution is 0.550. The lowest BCUT2D eigenvalue weighted by Crippen LogP contribution is -1.83. The summed E-state index contributed by atoms with van der Waals surface area (Å²) in [4.78, 5) is 16.7. The van der Waals surface area contributed by atoms with Gasteiger partial charge in [0.2, 0.25) is 12.2 Å². The number of carbonyl (C=O) groups excluding carboxylic acids is 2. The molecule has 0 saturated carbocycles. The van der Waals surface area contributed by atoms with E-state index >= 15 is 0 Å². The van der Waals surface area contributed by atoms with E-state index in [4.69, 9.17) is 20.4 Å². The summed E-state index contributed by atoms with van der Waals surface area (Å²) in [5.74, 6) is 0.903. The molecule has 0 amide bonds. The van der Waals surface area contributed by atoms with Gasteiger partial charge in [0.15, 0.2) is 0 Å². The topological polar surface area (TPSA) is 81.8 Å². The normalized spacial score (nSPS) is 6.77. The first-order chi connectivity index (χ1) is 6.10. The molecule has 0 unspecified atom stereocenters. The highest BCUT2D eigenvalue weighted by Crippen LogP contribution is 2.04. The average molecular weight is 186 g/mol. The summed E-state index contributed by atoms with van der Waals surface area (Å²) in [6.45, 7) is 6.79. The summed E-state index contributed by atoms with van der Waals surface area (Å²) in [5.41, 5.74) is 0. The Balaban J connectivity index is -0.000000140. The van der Waals surface area contributed by atoms with E-state index < -0.39 is 0 Å². The summed E-state index contributed by atoms with van der Waals surface area (Å²) >= 11 is 0. The molecule has 0 heterocycles. The van der Waals surface area contributed by atoms with Crippen molar-refractivity contribution in [3.63, 3.8) is 0 Å². The maximum Gasteiger partial charge on any atom is 0.231 e. The standard InChI is InChI=1S/C7H16.2CHNO/c1-4-5-6-7(2)3;2*2-1-3/h7H,4-6H2,1-3H3;2*2H. The van der Waals surface area contributed by atoms with E-state index in [0.717, 1.165) is 18.1 Å². The first-order valence-corrected chi connectivity index (χ1v) is 4.18. The molecule has 13 heavy (non-hydrogen) atoms. The number of nitrogens with one attached hydrogen (secondary N) is 2. The van der Waals surface area contributed by atoms with Gasteiger partial charge in [0.1, 0.15) is 0 Å². The van der Waals surface area contributed by atoms with Crippen LogP contribution in [-0.2, 0) is 9.59 Å². The molecule has 0 saturated heterocycles. The lowest BCUT2D eigenvalue weighted by atomic mass is 10.1. The number of rotatable bonds is 3. The molecule has 0 fully saturated rings. The van der Waals surface area contributed by atoms with Gasteiger partial charge < -0.3 is 0 Å². The van der Waals surface area contributed by atoms with Gasteiger partial charge in [-0.2, -0.15) is 0 Å². The zero-order chi connectivity index (χ0) is 11.1. The molecule has 0 atom stereocenters. The minimum absolute atomic E-state index is 0.750. The van der Waals surface area contributed by atoms with Gasteiger partial charge in [0.25, 0.3) is 0 Å². The van der Waals surface area contributed by atoms with Gasteiger partial charge in [0, 0.05) is 0 Å². The Morgan fingerprint density at radius 1 is 1.15 bits per heavy atom. The number of unbranched alkanes of at least 4 members (excludes halogenated alkanes) is 1. The van der Waals surface area contributed by atoms with E-state index in [0.29, 0.717) is 0 Å². The van der Waals surface area contributed by atoms with Crippen LogP contribution in [0.1, 0.15) is 40.0 Å². The van der Waals surface area contributed by atoms with Gasteiger partial charge in [0.05, 0.1) is 0 Å². The molecule has 0 aromatic carbocycles. The first kappa shape index (κ1) is 17.7. The quantitative estimate of drug-likeness (QED) is 0.524. The molecule has 0 radical (unpaired) electrons. The zero-order valence-electron chi connectivity index (χ0n) is 8.52. The maximum atomic E-state index is 8.35. The molecule has 4 heteroatoms. The van der Waals surface area contributed by atoms with Crippen LogP contribution in [0.3, 0.4) is 0 Å². The Labute approximate surface area is 79.4 Å². The maximum absolute atomic E-state index is 8.35. The highest BCUT2D eigenvalue weighted by atomic mass is 16.1. The van der Waals surface area contributed by atoms with Gasteiger partial charge in [-0.3, -0.25) is 0 Å². The van der Waals surface area contributed by atoms with Crippen molar-refractivity contribution in [2.24, 2.45) is 5.92 Å². The molecule has 0 aromatic heterocycles. The summed E-state index contributed by atoms with van der Waals surface area (Å²) in [7, 11) is 0. The fraction of sp³-hybridized carbons (Fsp3) is 0.778. The molecule has 0 aliphatic carbocycles. The Kier molecular flexibility index (Phi) is 30.6. The van der Waals surface area contributed by atoms with Crippen molar-refractivity contribution in [3.05, 3.63) is 0 Å². The van der Waals surface area contributed by atoms with Crippen LogP contribution < -0.4 is 0 Å². The molecular weight excluding hydrogens is 168 g/mol. The van der Waals surface area contributed by atoms with Crippen LogP contribution in [0, 0.1) is 16.7 Å². The molecule has 0 rings (SSSR count). The van der Waals surface area contributed by atoms with Crippen LogP contribution in [-0.4, -0.2) is 12.2 Å². The van der Waals surface area contributed by atoms with Gasteiger partial charge >= 0.3 is 0 Å². The molecule has 76 valence electrons. The Morgan fingerprint density at radius 2 is 1.46 bits per heavy atom. The Bertz CT molecular complexity index is 132. The van der Waals surface area contributed by atoms with Crippen molar-refractivity contribution in [2.45, 2.75) is 40.0 Å². The molecule has 2 N–H and O–H groups in total. The Hall–Kier alpha value is -1.24. The smallest absolute Gasteiger partial charge is 0.222 e. The highest BCUT2D eigenvalue weighted by molar-refractivity contribution is 5.26. The first-order valence-electron chi connectivity index (χ1n) is 4.18. The fourth-order valence-electron chi connectivity index (χ4n) is 0.612. The van der Waals surface area contributed by atoms with Gasteiger partial charge in [-0.1, -0.05) is 40.0 Å². The predicted molar refractivity (Wildman–Crippen MR) is 51.2 cm³/mol. The van der Waals surface area contributed by atoms with Crippen LogP contribution >= 0.6 is 0 Å². The van der Waals surface area contributed by atoms with Crippen LogP contribution in [0.25, 0.3) is 0 Å². The van der Waals surface area contributed by atoms with E-state index in [1.54, 1.807) is 0 Å². The lowest BCUT2D eigenvalue weighted by Gasteiger charge is -1.98. The predicted octanol–water partition coefficient (Wildman–Crippen LogP) is 2.63. The average Bonchev–Trinajstić information content (AvgIpc) is 2.04. The SMILES string of the molecule is CCCCC(C)C.N=C=O.N=C=O. The van der Waals surface area contributed by atoms with E-state index in [9.17, 15) is 0 Å². The summed E-state index contributed by atoms with van der Waals surface area (Å²) in [6, 6.07) is 0. The molecule has 0 bridgehead atoms. The molecule has 0 aliphatic heterocycles. The minimum Gasteiger partial charge on any atom is -0.222 e. The molecule has 0 spiro atoms. The van der Waals surface area contributed by atoms with Crippen molar-refractivity contribution in [2.75, 3.05) is 0 Å².